The third kappa shape index (κ3) is 3.42. The molecule has 0 amide bonds. The van der Waals surface area contributed by atoms with Gasteiger partial charge in [0.15, 0.2) is 0 Å². The van der Waals surface area contributed by atoms with Gasteiger partial charge in [0.2, 0.25) is 0 Å². The molecule has 0 unspecified atom stereocenters. The molecule has 0 aromatic rings. The molecule has 1 fully saturated rings. The third-order valence-electron chi connectivity index (χ3n) is 3.68. The van der Waals surface area contributed by atoms with Crippen LogP contribution in [0.4, 0.5) is 0 Å². The molecule has 0 aromatic carbocycles. The Bertz CT molecular complexity index is 369. The minimum atomic E-state index is -3.34. The van der Waals surface area contributed by atoms with Crippen LogP contribution in [-0.4, -0.2) is 74.3 Å². The van der Waals surface area contributed by atoms with E-state index in [-0.39, 0.29) is 5.54 Å². The van der Waals surface area contributed by atoms with Crippen molar-refractivity contribution in [2.45, 2.75) is 25.8 Å². The smallest absolute Gasteiger partial charge is 0.281 e. The van der Waals surface area contributed by atoms with Crippen LogP contribution in [-0.2, 0) is 10.2 Å². The Morgan fingerprint density at radius 3 is 2.44 bits per heavy atom. The topological polar surface area (TPSA) is 69.9 Å². The van der Waals surface area contributed by atoms with E-state index in [9.17, 15) is 8.42 Å². The summed E-state index contributed by atoms with van der Waals surface area (Å²) in [5.74, 6) is 0. The van der Waals surface area contributed by atoms with Gasteiger partial charge in [0.1, 0.15) is 0 Å². The molecule has 0 atom stereocenters. The zero-order valence-corrected chi connectivity index (χ0v) is 12.7. The molecule has 1 saturated heterocycles. The highest BCUT2D eigenvalue weighted by Crippen LogP contribution is 2.22. The van der Waals surface area contributed by atoms with Gasteiger partial charge in [-0.05, 0) is 33.9 Å². The number of nitrogens with two attached hydrogens (primary N) is 1. The molecule has 0 aromatic heterocycles. The molecule has 0 radical (unpaired) electrons. The number of rotatable bonds is 5. The van der Waals surface area contributed by atoms with E-state index in [0.717, 1.165) is 6.54 Å². The molecule has 108 valence electrons. The zero-order chi connectivity index (χ0) is 14.0. The first kappa shape index (κ1) is 15.8. The van der Waals surface area contributed by atoms with Crippen molar-refractivity contribution in [1.82, 2.24) is 13.5 Å². The van der Waals surface area contributed by atoms with Crippen LogP contribution in [0.15, 0.2) is 0 Å². The van der Waals surface area contributed by atoms with Gasteiger partial charge < -0.3 is 5.73 Å². The first-order chi connectivity index (χ1) is 8.21. The largest absolute Gasteiger partial charge is 0.330 e. The predicted octanol–water partition coefficient (Wildman–Crippen LogP) is -0.462. The molecular formula is C11H26N4O2S. The summed E-state index contributed by atoms with van der Waals surface area (Å²) in [5.41, 5.74) is 5.29. The summed E-state index contributed by atoms with van der Waals surface area (Å²) in [6, 6.07) is 0. The molecule has 1 aliphatic heterocycles. The van der Waals surface area contributed by atoms with E-state index < -0.39 is 10.2 Å². The molecule has 1 aliphatic rings. The lowest BCUT2D eigenvalue weighted by Crippen LogP contribution is -2.60. The van der Waals surface area contributed by atoms with E-state index in [2.05, 4.69) is 18.7 Å². The second-order valence-corrected chi connectivity index (χ2v) is 7.57. The summed E-state index contributed by atoms with van der Waals surface area (Å²) in [4.78, 5) is 2.19. The second-order valence-electron chi connectivity index (χ2n) is 5.54. The monoisotopic (exact) mass is 278 g/mol. The SMILES string of the molecule is CN1CCN(S(=O)(=O)N(C)CCCN)CC1(C)C. The maximum absolute atomic E-state index is 12.4. The van der Waals surface area contributed by atoms with Crippen molar-refractivity contribution in [3.8, 4) is 0 Å². The molecule has 6 nitrogen and oxygen atoms in total. The normalized spacial score (nSPS) is 22.6. The molecule has 18 heavy (non-hydrogen) atoms. The Kier molecular flexibility index (Phi) is 5.13. The maximum atomic E-state index is 12.4. The van der Waals surface area contributed by atoms with Gasteiger partial charge >= 0.3 is 0 Å². The average Bonchev–Trinajstić information content (AvgIpc) is 2.29. The van der Waals surface area contributed by atoms with Gasteiger partial charge in [0.25, 0.3) is 10.2 Å². The van der Waals surface area contributed by atoms with Crippen molar-refractivity contribution in [3.05, 3.63) is 0 Å². The van der Waals surface area contributed by atoms with Crippen molar-refractivity contribution in [1.29, 1.82) is 0 Å². The van der Waals surface area contributed by atoms with Crippen LogP contribution in [0.3, 0.4) is 0 Å². The minimum absolute atomic E-state index is 0.125. The number of likely N-dealkylation sites (N-methyl/N-ethyl adjacent to an activating group) is 1. The van der Waals surface area contributed by atoms with Gasteiger partial charge in [-0.1, -0.05) is 0 Å². The molecule has 1 heterocycles. The molecule has 2 N–H and O–H groups in total. The molecule has 0 aliphatic carbocycles. The van der Waals surface area contributed by atoms with Crippen LogP contribution in [0.5, 0.6) is 0 Å². The van der Waals surface area contributed by atoms with Crippen molar-refractivity contribution < 1.29 is 8.42 Å². The van der Waals surface area contributed by atoms with E-state index in [1.165, 1.54) is 4.31 Å². The minimum Gasteiger partial charge on any atom is -0.330 e. The highest BCUT2D eigenvalue weighted by Gasteiger charge is 2.37. The number of piperazine rings is 1. The van der Waals surface area contributed by atoms with E-state index in [0.29, 0.717) is 32.6 Å². The van der Waals surface area contributed by atoms with E-state index in [1.807, 2.05) is 7.05 Å². The van der Waals surface area contributed by atoms with Crippen LogP contribution < -0.4 is 5.73 Å². The summed E-state index contributed by atoms with van der Waals surface area (Å²) in [6.45, 7) is 6.95. The summed E-state index contributed by atoms with van der Waals surface area (Å²) in [6.07, 6.45) is 0.687. The molecule has 0 bridgehead atoms. The van der Waals surface area contributed by atoms with Gasteiger partial charge in [-0.2, -0.15) is 17.0 Å². The Balaban J connectivity index is 2.74. The molecule has 7 heteroatoms. The number of nitrogens with zero attached hydrogens (tertiary/aromatic N) is 3. The maximum Gasteiger partial charge on any atom is 0.281 e. The van der Waals surface area contributed by atoms with Crippen molar-refractivity contribution >= 4 is 10.2 Å². The lowest BCUT2D eigenvalue weighted by Gasteiger charge is -2.45. The number of hydrogen-bond donors (Lipinski definition) is 1. The quantitative estimate of drug-likeness (QED) is 0.739. The molecule has 1 rings (SSSR count). The lowest BCUT2D eigenvalue weighted by atomic mass is 10.0. The molecular weight excluding hydrogens is 252 g/mol. The van der Waals surface area contributed by atoms with Crippen molar-refractivity contribution in [2.75, 3.05) is 46.8 Å². The van der Waals surface area contributed by atoms with Crippen LogP contribution in [0.1, 0.15) is 20.3 Å². The Morgan fingerprint density at radius 1 is 1.33 bits per heavy atom. The van der Waals surface area contributed by atoms with Gasteiger partial charge in [0.05, 0.1) is 0 Å². The van der Waals surface area contributed by atoms with Crippen LogP contribution in [0.25, 0.3) is 0 Å². The predicted molar refractivity (Wildman–Crippen MR) is 73.5 cm³/mol. The van der Waals surface area contributed by atoms with Crippen LogP contribution in [0, 0.1) is 0 Å². The average molecular weight is 278 g/mol. The highest BCUT2D eigenvalue weighted by atomic mass is 32.2. The second kappa shape index (κ2) is 5.83. The fourth-order valence-corrected chi connectivity index (χ4v) is 3.56. The van der Waals surface area contributed by atoms with Crippen molar-refractivity contribution in [3.63, 3.8) is 0 Å². The Hall–Kier alpha value is -0.210. The number of hydrogen-bond acceptors (Lipinski definition) is 4. The standard InChI is InChI=1S/C11H26N4O2S/c1-11(2)10-15(9-8-13(11)3)18(16,17)14(4)7-5-6-12/h5-10,12H2,1-4H3. The van der Waals surface area contributed by atoms with Crippen LogP contribution in [0.2, 0.25) is 0 Å². The highest BCUT2D eigenvalue weighted by molar-refractivity contribution is 7.86. The first-order valence-electron chi connectivity index (χ1n) is 6.34. The summed E-state index contributed by atoms with van der Waals surface area (Å²) in [7, 11) is 0.307. The molecule has 0 spiro atoms. The Labute approximate surface area is 111 Å². The van der Waals surface area contributed by atoms with Gasteiger partial charge in [-0.3, -0.25) is 4.90 Å². The fraction of sp³-hybridized carbons (Fsp3) is 1.00. The van der Waals surface area contributed by atoms with Crippen molar-refractivity contribution in [2.24, 2.45) is 5.73 Å². The third-order valence-corrected chi connectivity index (χ3v) is 5.61. The van der Waals surface area contributed by atoms with Gasteiger partial charge in [-0.15, -0.1) is 0 Å². The lowest BCUT2D eigenvalue weighted by molar-refractivity contribution is 0.0773. The Morgan fingerprint density at radius 2 is 1.94 bits per heavy atom. The van der Waals surface area contributed by atoms with E-state index in [4.69, 9.17) is 5.73 Å². The fourth-order valence-electron chi connectivity index (χ4n) is 2.02. The zero-order valence-electron chi connectivity index (χ0n) is 11.9. The van der Waals surface area contributed by atoms with E-state index >= 15 is 0 Å². The summed E-state index contributed by atoms with van der Waals surface area (Å²) >= 11 is 0. The summed E-state index contributed by atoms with van der Waals surface area (Å²) in [5, 5.41) is 0. The first-order valence-corrected chi connectivity index (χ1v) is 7.74. The summed E-state index contributed by atoms with van der Waals surface area (Å²) < 4.78 is 27.7. The van der Waals surface area contributed by atoms with E-state index in [1.54, 1.807) is 11.4 Å². The van der Waals surface area contributed by atoms with Gasteiger partial charge in [-0.25, -0.2) is 0 Å². The van der Waals surface area contributed by atoms with Crippen LogP contribution >= 0.6 is 0 Å². The van der Waals surface area contributed by atoms with Gasteiger partial charge in [0, 0.05) is 38.8 Å². The molecule has 0 saturated carbocycles.